The maximum absolute atomic E-state index is 10.9. The maximum atomic E-state index is 10.9. The molecule has 0 aromatic heterocycles. The molecular weight excluding hydrogens is 184 g/mol. The first-order chi connectivity index (χ1) is 6.63. The average Bonchev–Trinajstić information content (AvgIpc) is 2.16. The Kier molecular flexibility index (Phi) is 3.48. The van der Waals surface area contributed by atoms with Crippen LogP contribution in [0.25, 0.3) is 0 Å². The minimum atomic E-state index is -1.18. The Bertz CT molecular complexity index is 322. The molecular formula is C10H12O4. The largest absolute Gasteiger partial charge is 0.508 e. The lowest BCUT2D eigenvalue weighted by Gasteiger charge is -2.07. The van der Waals surface area contributed by atoms with E-state index in [9.17, 15) is 9.90 Å². The summed E-state index contributed by atoms with van der Waals surface area (Å²) in [6.07, 6.45) is -1.04. The highest BCUT2D eigenvalue weighted by Crippen LogP contribution is 2.12. The van der Waals surface area contributed by atoms with Crippen LogP contribution in [-0.2, 0) is 16.0 Å². The molecule has 4 heteroatoms. The Balaban J connectivity index is 2.64. The zero-order valence-electron chi connectivity index (χ0n) is 7.80. The number of methoxy groups -OCH3 is 1. The van der Waals surface area contributed by atoms with E-state index in [0.717, 1.165) is 0 Å². The Morgan fingerprint density at radius 1 is 1.57 bits per heavy atom. The van der Waals surface area contributed by atoms with Crippen LogP contribution in [0.2, 0.25) is 0 Å². The molecule has 0 aliphatic rings. The monoisotopic (exact) mass is 196 g/mol. The van der Waals surface area contributed by atoms with Gasteiger partial charge in [-0.15, -0.1) is 0 Å². The van der Waals surface area contributed by atoms with Gasteiger partial charge in [-0.2, -0.15) is 0 Å². The fourth-order valence-corrected chi connectivity index (χ4v) is 1.13. The van der Waals surface area contributed by atoms with Crippen LogP contribution in [0.15, 0.2) is 24.3 Å². The van der Waals surface area contributed by atoms with Crippen molar-refractivity contribution >= 4 is 5.97 Å². The first-order valence-electron chi connectivity index (χ1n) is 4.17. The molecule has 76 valence electrons. The molecule has 0 saturated carbocycles. The van der Waals surface area contributed by atoms with Gasteiger partial charge in [0.05, 0.1) is 7.11 Å². The molecule has 1 aromatic rings. The van der Waals surface area contributed by atoms with Crippen molar-refractivity contribution in [3.8, 4) is 5.75 Å². The second kappa shape index (κ2) is 4.62. The SMILES string of the molecule is COC(=O)[C@@H](O)Cc1cccc(O)c1. The molecule has 4 nitrogen and oxygen atoms in total. The van der Waals surface area contributed by atoms with E-state index in [2.05, 4.69) is 4.74 Å². The predicted octanol–water partition coefficient (Wildman–Crippen LogP) is 0.469. The first kappa shape index (κ1) is 10.5. The fourth-order valence-electron chi connectivity index (χ4n) is 1.13. The summed E-state index contributed by atoms with van der Waals surface area (Å²) < 4.78 is 4.36. The average molecular weight is 196 g/mol. The second-order valence-electron chi connectivity index (χ2n) is 2.91. The van der Waals surface area contributed by atoms with Crippen LogP contribution in [0.5, 0.6) is 5.75 Å². The van der Waals surface area contributed by atoms with Crippen molar-refractivity contribution in [2.24, 2.45) is 0 Å². The summed E-state index contributed by atoms with van der Waals surface area (Å²) in [5, 5.41) is 18.4. The summed E-state index contributed by atoms with van der Waals surface area (Å²) in [6.45, 7) is 0. The van der Waals surface area contributed by atoms with Gasteiger partial charge in [0.2, 0.25) is 0 Å². The summed E-state index contributed by atoms with van der Waals surface area (Å²) in [6, 6.07) is 6.38. The smallest absolute Gasteiger partial charge is 0.335 e. The van der Waals surface area contributed by atoms with E-state index < -0.39 is 12.1 Å². The third-order valence-electron chi connectivity index (χ3n) is 1.81. The van der Waals surface area contributed by atoms with Crippen molar-refractivity contribution in [2.45, 2.75) is 12.5 Å². The molecule has 2 N–H and O–H groups in total. The highest BCUT2D eigenvalue weighted by atomic mass is 16.5. The van der Waals surface area contributed by atoms with Crippen LogP contribution in [0.3, 0.4) is 0 Å². The van der Waals surface area contributed by atoms with Gasteiger partial charge < -0.3 is 14.9 Å². The highest BCUT2D eigenvalue weighted by Gasteiger charge is 2.15. The summed E-state index contributed by atoms with van der Waals surface area (Å²) in [4.78, 5) is 10.9. The summed E-state index contributed by atoms with van der Waals surface area (Å²) in [5.74, 6) is -0.562. The number of phenolic OH excluding ortho intramolecular Hbond substituents is 1. The zero-order chi connectivity index (χ0) is 10.6. The maximum Gasteiger partial charge on any atom is 0.335 e. The number of hydrogen-bond donors (Lipinski definition) is 2. The van der Waals surface area contributed by atoms with E-state index in [1.807, 2.05) is 0 Å². The van der Waals surface area contributed by atoms with Crippen LogP contribution in [0, 0.1) is 0 Å². The Hall–Kier alpha value is -1.55. The van der Waals surface area contributed by atoms with Gasteiger partial charge in [0, 0.05) is 6.42 Å². The van der Waals surface area contributed by atoms with Gasteiger partial charge >= 0.3 is 5.97 Å². The normalized spacial score (nSPS) is 12.1. The van der Waals surface area contributed by atoms with Gasteiger partial charge in [-0.25, -0.2) is 4.79 Å². The third kappa shape index (κ3) is 2.74. The van der Waals surface area contributed by atoms with E-state index in [4.69, 9.17) is 5.11 Å². The van der Waals surface area contributed by atoms with Crippen molar-refractivity contribution in [3.05, 3.63) is 29.8 Å². The molecule has 0 aliphatic carbocycles. The van der Waals surface area contributed by atoms with E-state index >= 15 is 0 Å². The highest BCUT2D eigenvalue weighted by molar-refractivity contribution is 5.74. The second-order valence-corrected chi connectivity index (χ2v) is 2.91. The molecule has 0 heterocycles. The van der Waals surface area contributed by atoms with Crippen molar-refractivity contribution in [3.63, 3.8) is 0 Å². The van der Waals surface area contributed by atoms with Crippen LogP contribution in [0.1, 0.15) is 5.56 Å². The van der Waals surface area contributed by atoms with E-state index in [1.54, 1.807) is 12.1 Å². The number of carbonyl (C=O) groups excluding carboxylic acids is 1. The molecule has 1 rings (SSSR count). The zero-order valence-corrected chi connectivity index (χ0v) is 7.80. The number of hydrogen-bond acceptors (Lipinski definition) is 4. The quantitative estimate of drug-likeness (QED) is 0.689. The molecule has 0 amide bonds. The fraction of sp³-hybridized carbons (Fsp3) is 0.300. The summed E-state index contributed by atoms with van der Waals surface area (Å²) >= 11 is 0. The van der Waals surface area contributed by atoms with Crippen LogP contribution in [0.4, 0.5) is 0 Å². The Labute approximate surface area is 81.8 Å². The number of benzene rings is 1. The molecule has 1 aromatic carbocycles. The van der Waals surface area contributed by atoms with Crippen LogP contribution < -0.4 is 0 Å². The lowest BCUT2D eigenvalue weighted by atomic mass is 10.1. The van der Waals surface area contributed by atoms with Gasteiger partial charge in [0.15, 0.2) is 6.10 Å². The van der Waals surface area contributed by atoms with Crippen molar-refractivity contribution in [1.29, 1.82) is 0 Å². The number of aromatic hydroxyl groups is 1. The molecule has 0 unspecified atom stereocenters. The van der Waals surface area contributed by atoms with Crippen molar-refractivity contribution in [2.75, 3.05) is 7.11 Å². The Morgan fingerprint density at radius 3 is 2.86 bits per heavy atom. The van der Waals surface area contributed by atoms with Crippen LogP contribution in [-0.4, -0.2) is 29.4 Å². The molecule has 14 heavy (non-hydrogen) atoms. The number of esters is 1. The van der Waals surface area contributed by atoms with Gasteiger partial charge in [0.25, 0.3) is 0 Å². The molecule has 0 radical (unpaired) electrons. The molecule has 0 saturated heterocycles. The van der Waals surface area contributed by atoms with Crippen molar-refractivity contribution in [1.82, 2.24) is 0 Å². The predicted molar refractivity (Wildman–Crippen MR) is 49.8 cm³/mol. The van der Waals surface area contributed by atoms with Gasteiger partial charge in [-0.3, -0.25) is 0 Å². The van der Waals surface area contributed by atoms with Crippen molar-refractivity contribution < 1.29 is 19.7 Å². The third-order valence-corrected chi connectivity index (χ3v) is 1.81. The Morgan fingerprint density at radius 2 is 2.29 bits per heavy atom. The summed E-state index contributed by atoms with van der Waals surface area (Å²) in [7, 11) is 1.22. The van der Waals surface area contributed by atoms with Gasteiger partial charge in [-0.1, -0.05) is 12.1 Å². The van der Waals surface area contributed by atoms with Crippen LogP contribution >= 0.6 is 0 Å². The molecule has 0 bridgehead atoms. The lowest BCUT2D eigenvalue weighted by molar-refractivity contribution is -0.150. The first-order valence-corrected chi connectivity index (χ1v) is 4.17. The number of aliphatic hydroxyl groups is 1. The minimum Gasteiger partial charge on any atom is -0.508 e. The van der Waals surface area contributed by atoms with E-state index in [1.165, 1.54) is 19.2 Å². The number of ether oxygens (including phenoxy) is 1. The topological polar surface area (TPSA) is 66.8 Å². The lowest BCUT2D eigenvalue weighted by Crippen LogP contribution is -2.23. The summed E-state index contributed by atoms with van der Waals surface area (Å²) in [5.41, 5.74) is 0.683. The molecule has 0 spiro atoms. The number of rotatable bonds is 3. The standard InChI is InChI=1S/C10H12O4/c1-14-10(13)9(12)6-7-3-2-4-8(11)5-7/h2-5,9,11-12H,6H2,1H3/t9-/m0/s1. The van der Waals surface area contributed by atoms with Gasteiger partial charge in [-0.05, 0) is 17.7 Å². The number of phenols is 1. The molecule has 0 fully saturated rings. The minimum absolute atomic E-state index is 0.111. The van der Waals surface area contributed by atoms with E-state index in [-0.39, 0.29) is 12.2 Å². The van der Waals surface area contributed by atoms with E-state index in [0.29, 0.717) is 5.56 Å². The molecule has 0 aliphatic heterocycles. The number of aliphatic hydroxyl groups excluding tert-OH is 1. The number of carbonyl (C=O) groups is 1. The van der Waals surface area contributed by atoms with Gasteiger partial charge in [0.1, 0.15) is 5.75 Å². The molecule has 1 atom stereocenters.